The molecule has 1 atom stereocenters. The second-order valence-corrected chi connectivity index (χ2v) is 4.02. The second-order valence-electron chi connectivity index (χ2n) is 3.24. The van der Waals surface area contributed by atoms with Crippen molar-refractivity contribution in [2.24, 2.45) is 5.73 Å². The molecule has 3 nitrogen and oxygen atoms in total. The molecular formula is C10H16N2OS. The van der Waals surface area contributed by atoms with Gasteiger partial charge in [-0.25, -0.2) is 0 Å². The predicted octanol–water partition coefficient (Wildman–Crippen LogP) is 1.49. The molecule has 0 saturated heterocycles. The zero-order valence-electron chi connectivity index (χ0n) is 8.32. The number of nitrogens with two attached hydrogens (primary N) is 1. The third kappa shape index (κ3) is 3.47. The summed E-state index contributed by atoms with van der Waals surface area (Å²) in [5, 5.41) is 6.83. The fraction of sp³-hybridized carbons (Fsp3) is 0.500. The summed E-state index contributed by atoms with van der Waals surface area (Å²) < 4.78 is 0. The molecule has 1 unspecified atom stereocenters. The standard InChI is InChI=1S/C10H16N2OS/c1-2-3-9(11)10(13)12-6-8-4-5-14-7-8/h4-5,7,9H,2-3,6,11H2,1H3,(H,12,13). The fourth-order valence-electron chi connectivity index (χ4n) is 1.16. The number of carbonyl (C=O) groups excluding carboxylic acids is 1. The van der Waals surface area contributed by atoms with E-state index in [0.717, 1.165) is 18.4 Å². The number of hydrogen-bond acceptors (Lipinski definition) is 3. The summed E-state index contributed by atoms with van der Waals surface area (Å²) in [6.07, 6.45) is 1.68. The molecule has 1 aromatic heterocycles. The van der Waals surface area contributed by atoms with E-state index in [-0.39, 0.29) is 11.9 Å². The largest absolute Gasteiger partial charge is 0.351 e. The molecule has 1 aromatic rings. The van der Waals surface area contributed by atoms with E-state index in [4.69, 9.17) is 5.73 Å². The monoisotopic (exact) mass is 212 g/mol. The van der Waals surface area contributed by atoms with Gasteiger partial charge in [0.1, 0.15) is 0 Å². The topological polar surface area (TPSA) is 55.1 Å². The molecule has 0 fully saturated rings. The van der Waals surface area contributed by atoms with E-state index >= 15 is 0 Å². The van der Waals surface area contributed by atoms with Gasteiger partial charge in [0.2, 0.25) is 5.91 Å². The Labute approximate surface area is 88.3 Å². The maximum Gasteiger partial charge on any atom is 0.237 e. The summed E-state index contributed by atoms with van der Waals surface area (Å²) in [7, 11) is 0. The van der Waals surface area contributed by atoms with Gasteiger partial charge in [-0.05, 0) is 28.8 Å². The average Bonchev–Trinajstić information content (AvgIpc) is 2.67. The van der Waals surface area contributed by atoms with Crippen molar-refractivity contribution in [3.63, 3.8) is 0 Å². The molecule has 1 heterocycles. The Morgan fingerprint density at radius 3 is 3.07 bits per heavy atom. The SMILES string of the molecule is CCCC(N)C(=O)NCc1ccsc1. The van der Waals surface area contributed by atoms with Crippen LogP contribution in [0.4, 0.5) is 0 Å². The summed E-state index contributed by atoms with van der Waals surface area (Å²) in [6.45, 7) is 2.60. The van der Waals surface area contributed by atoms with Crippen LogP contribution in [-0.2, 0) is 11.3 Å². The lowest BCUT2D eigenvalue weighted by molar-refractivity contribution is -0.122. The fourth-order valence-corrected chi connectivity index (χ4v) is 1.82. The van der Waals surface area contributed by atoms with Crippen LogP contribution in [0, 0.1) is 0 Å². The Morgan fingerprint density at radius 1 is 1.71 bits per heavy atom. The summed E-state index contributed by atoms with van der Waals surface area (Å²) in [5.74, 6) is -0.0574. The van der Waals surface area contributed by atoms with Gasteiger partial charge < -0.3 is 11.1 Å². The van der Waals surface area contributed by atoms with E-state index in [1.165, 1.54) is 0 Å². The number of amides is 1. The Hall–Kier alpha value is -0.870. The van der Waals surface area contributed by atoms with Crippen LogP contribution < -0.4 is 11.1 Å². The average molecular weight is 212 g/mol. The first kappa shape index (κ1) is 11.2. The minimum absolute atomic E-state index is 0.0574. The van der Waals surface area contributed by atoms with Crippen LogP contribution in [0.5, 0.6) is 0 Å². The highest BCUT2D eigenvalue weighted by molar-refractivity contribution is 7.07. The van der Waals surface area contributed by atoms with Crippen molar-refractivity contribution in [2.75, 3.05) is 0 Å². The summed E-state index contributed by atoms with van der Waals surface area (Å²) in [6, 6.07) is 1.63. The molecule has 78 valence electrons. The first-order chi connectivity index (χ1) is 6.74. The predicted molar refractivity (Wildman–Crippen MR) is 59.0 cm³/mol. The highest BCUT2D eigenvalue weighted by atomic mass is 32.1. The van der Waals surface area contributed by atoms with Crippen molar-refractivity contribution in [1.29, 1.82) is 0 Å². The summed E-state index contributed by atoms with van der Waals surface area (Å²) >= 11 is 1.63. The van der Waals surface area contributed by atoms with Crippen LogP contribution in [0.25, 0.3) is 0 Å². The third-order valence-electron chi connectivity index (χ3n) is 1.98. The maximum absolute atomic E-state index is 11.4. The van der Waals surface area contributed by atoms with Crippen LogP contribution in [0.3, 0.4) is 0 Å². The molecule has 1 rings (SSSR count). The molecule has 0 aliphatic rings. The molecule has 1 amide bonds. The maximum atomic E-state index is 11.4. The Kier molecular flexibility index (Phi) is 4.62. The normalized spacial score (nSPS) is 12.4. The minimum Gasteiger partial charge on any atom is -0.351 e. The van der Waals surface area contributed by atoms with Crippen LogP contribution in [0.2, 0.25) is 0 Å². The van der Waals surface area contributed by atoms with Crippen LogP contribution in [0.1, 0.15) is 25.3 Å². The van der Waals surface area contributed by atoms with Gasteiger partial charge in [-0.1, -0.05) is 13.3 Å². The first-order valence-corrected chi connectivity index (χ1v) is 5.72. The Morgan fingerprint density at radius 2 is 2.50 bits per heavy atom. The molecule has 0 aromatic carbocycles. The van der Waals surface area contributed by atoms with E-state index in [1.54, 1.807) is 11.3 Å². The highest BCUT2D eigenvalue weighted by Gasteiger charge is 2.10. The smallest absolute Gasteiger partial charge is 0.237 e. The number of hydrogen-bond donors (Lipinski definition) is 2. The lowest BCUT2D eigenvalue weighted by Crippen LogP contribution is -2.39. The van der Waals surface area contributed by atoms with Gasteiger partial charge >= 0.3 is 0 Å². The van der Waals surface area contributed by atoms with Gasteiger partial charge in [-0.3, -0.25) is 4.79 Å². The molecule has 0 bridgehead atoms. The zero-order valence-corrected chi connectivity index (χ0v) is 9.14. The van der Waals surface area contributed by atoms with Crippen molar-refractivity contribution >= 4 is 17.2 Å². The molecule has 3 N–H and O–H groups in total. The number of thiophene rings is 1. The van der Waals surface area contributed by atoms with Crippen LogP contribution in [-0.4, -0.2) is 11.9 Å². The van der Waals surface area contributed by atoms with Gasteiger partial charge in [0.25, 0.3) is 0 Å². The van der Waals surface area contributed by atoms with Crippen LogP contribution in [0.15, 0.2) is 16.8 Å². The molecule has 0 radical (unpaired) electrons. The number of carbonyl (C=O) groups is 1. The lowest BCUT2D eigenvalue weighted by Gasteiger charge is -2.10. The van der Waals surface area contributed by atoms with E-state index in [2.05, 4.69) is 5.32 Å². The highest BCUT2D eigenvalue weighted by Crippen LogP contribution is 2.05. The first-order valence-electron chi connectivity index (χ1n) is 4.78. The van der Waals surface area contributed by atoms with Gasteiger partial charge in [-0.15, -0.1) is 0 Å². The Balaban J connectivity index is 2.27. The molecular weight excluding hydrogens is 196 g/mol. The third-order valence-corrected chi connectivity index (χ3v) is 2.72. The number of rotatable bonds is 5. The van der Waals surface area contributed by atoms with E-state index < -0.39 is 0 Å². The van der Waals surface area contributed by atoms with Crippen LogP contribution >= 0.6 is 11.3 Å². The van der Waals surface area contributed by atoms with Crippen molar-refractivity contribution in [2.45, 2.75) is 32.4 Å². The summed E-state index contributed by atoms with van der Waals surface area (Å²) in [4.78, 5) is 11.4. The van der Waals surface area contributed by atoms with Gasteiger partial charge in [0, 0.05) is 6.54 Å². The second kappa shape index (κ2) is 5.78. The Bertz CT molecular complexity index is 272. The van der Waals surface area contributed by atoms with Gasteiger partial charge in [0.15, 0.2) is 0 Å². The molecule has 14 heavy (non-hydrogen) atoms. The van der Waals surface area contributed by atoms with Crippen molar-refractivity contribution < 1.29 is 4.79 Å². The molecule has 0 saturated carbocycles. The van der Waals surface area contributed by atoms with Gasteiger partial charge in [-0.2, -0.15) is 11.3 Å². The summed E-state index contributed by atoms with van der Waals surface area (Å²) in [5.41, 5.74) is 6.79. The lowest BCUT2D eigenvalue weighted by atomic mass is 10.1. The van der Waals surface area contributed by atoms with E-state index in [1.807, 2.05) is 23.8 Å². The molecule has 0 aliphatic carbocycles. The molecule has 0 aliphatic heterocycles. The number of nitrogens with one attached hydrogen (secondary N) is 1. The van der Waals surface area contributed by atoms with Crippen molar-refractivity contribution in [3.8, 4) is 0 Å². The van der Waals surface area contributed by atoms with Gasteiger partial charge in [0.05, 0.1) is 6.04 Å². The van der Waals surface area contributed by atoms with E-state index in [9.17, 15) is 4.79 Å². The van der Waals surface area contributed by atoms with E-state index in [0.29, 0.717) is 6.54 Å². The molecule has 4 heteroatoms. The zero-order chi connectivity index (χ0) is 10.4. The quantitative estimate of drug-likeness (QED) is 0.777. The van der Waals surface area contributed by atoms with Crippen molar-refractivity contribution in [1.82, 2.24) is 5.32 Å². The van der Waals surface area contributed by atoms with Crippen molar-refractivity contribution in [3.05, 3.63) is 22.4 Å². The molecule has 0 spiro atoms. The minimum atomic E-state index is -0.362.